The molecule has 0 aliphatic heterocycles. The Balaban J connectivity index is 1.71. The lowest BCUT2D eigenvalue weighted by atomic mass is 10.1. The second-order valence-corrected chi connectivity index (χ2v) is 6.23. The average Bonchev–Trinajstić information content (AvgIpc) is 3.46. The molecule has 0 radical (unpaired) electrons. The largest absolute Gasteiger partial charge is 0.435 e. The van der Waals surface area contributed by atoms with Crippen molar-refractivity contribution in [3.8, 4) is 5.75 Å². The van der Waals surface area contributed by atoms with Gasteiger partial charge >= 0.3 is 6.61 Å². The molecule has 1 aliphatic rings. The molecule has 3 rings (SSSR count). The van der Waals surface area contributed by atoms with Gasteiger partial charge in [0.1, 0.15) is 5.75 Å². The fraction of sp³-hybridized carbons (Fsp3) is 0.316. The summed E-state index contributed by atoms with van der Waals surface area (Å²) in [5, 5.41) is 6.13. The minimum atomic E-state index is -2.86. The molecule has 5 nitrogen and oxygen atoms in total. The predicted molar refractivity (Wildman–Crippen MR) is 95.8 cm³/mol. The molecule has 0 bridgehead atoms. The van der Waals surface area contributed by atoms with Crippen LogP contribution < -0.4 is 21.1 Å². The van der Waals surface area contributed by atoms with Crippen LogP contribution in [0, 0.1) is 5.92 Å². The van der Waals surface area contributed by atoms with Crippen LogP contribution in [0.5, 0.6) is 5.75 Å². The zero-order valence-electron chi connectivity index (χ0n) is 14.1. The lowest BCUT2D eigenvalue weighted by molar-refractivity contribution is -0.0498. The minimum absolute atomic E-state index is 0.0127. The molecule has 1 fully saturated rings. The van der Waals surface area contributed by atoms with Gasteiger partial charge in [-0.1, -0.05) is 12.1 Å². The Kier molecular flexibility index (Phi) is 5.68. The van der Waals surface area contributed by atoms with Gasteiger partial charge < -0.3 is 21.1 Å². The topological polar surface area (TPSA) is 76.4 Å². The van der Waals surface area contributed by atoms with Gasteiger partial charge in [0, 0.05) is 18.3 Å². The lowest BCUT2D eigenvalue weighted by Gasteiger charge is -2.18. The van der Waals surface area contributed by atoms with Crippen LogP contribution in [0.2, 0.25) is 0 Å². The summed E-state index contributed by atoms with van der Waals surface area (Å²) < 4.78 is 28.8. The number of alkyl halides is 2. The summed E-state index contributed by atoms with van der Waals surface area (Å²) in [4.78, 5) is 12.6. The standard InChI is InChI=1S/C19H21F2N3O2/c20-19(21)26-14-9-7-13(8-10-14)23-16-4-2-1-3-15(16)18(25)24-17(11-22)12-5-6-12/h1-4,7-10,12,17,19,23H,5-6,11,22H2,(H,24,25). The van der Waals surface area contributed by atoms with Crippen LogP contribution in [0.15, 0.2) is 48.5 Å². The third kappa shape index (κ3) is 4.70. The van der Waals surface area contributed by atoms with Gasteiger partial charge in [0.15, 0.2) is 0 Å². The number of halogens is 2. The fourth-order valence-electron chi connectivity index (χ4n) is 2.78. The van der Waals surface area contributed by atoms with E-state index in [9.17, 15) is 13.6 Å². The third-order valence-electron chi connectivity index (χ3n) is 4.29. The average molecular weight is 361 g/mol. The molecule has 2 aromatic carbocycles. The van der Waals surface area contributed by atoms with Crippen molar-refractivity contribution in [3.05, 3.63) is 54.1 Å². The van der Waals surface area contributed by atoms with Crippen molar-refractivity contribution in [2.24, 2.45) is 11.7 Å². The van der Waals surface area contributed by atoms with E-state index in [4.69, 9.17) is 5.73 Å². The maximum Gasteiger partial charge on any atom is 0.387 e. The predicted octanol–water partition coefficient (Wildman–Crippen LogP) is 3.50. The van der Waals surface area contributed by atoms with Gasteiger partial charge in [-0.15, -0.1) is 0 Å². The second-order valence-electron chi connectivity index (χ2n) is 6.23. The number of para-hydroxylation sites is 1. The summed E-state index contributed by atoms with van der Waals surface area (Å²) in [6.07, 6.45) is 2.18. The molecular formula is C19H21F2N3O2. The number of anilines is 2. The Bertz CT molecular complexity index is 749. The molecule has 7 heteroatoms. The molecular weight excluding hydrogens is 340 g/mol. The first kappa shape index (κ1) is 18.1. The first-order chi connectivity index (χ1) is 12.6. The van der Waals surface area contributed by atoms with Gasteiger partial charge in [0.05, 0.1) is 11.3 Å². The molecule has 2 aromatic rings. The molecule has 0 aromatic heterocycles. The number of nitrogens with one attached hydrogen (secondary N) is 2. The van der Waals surface area contributed by atoms with E-state index in [1.165, 1.54) is 12.1 Å². The van der Waals surface area contributed by atoms with E-state index in [2.05, 4.69) is 15.4 Å². The number of ether oxygens (including phenoxy) is 1. The van der Waals surface area contributed by atoms with E-state index >= 15 is 0 Å². The van der Waals surface area contributed by atoms with E-state index in [1.807, 2.05) is 6.07 Å². The van der Waals surface area contributed by atoms with E-state index in [-0.39, 0.29) is 17.7 Å². The zero-order valence-corrected chi connectivity index (χ0v) is 14.1. The number of hydrogen-bond donors (Lipinski definition) is 3. The maximum atomic E-state index is 12.6. The van der Waals surface area contributed by atoms with Crippen molar-refractivity contribution in [3.63, 3.8) is 0 Å². The third-order valence-corrected chi connectivity index (χ3v) is 4.29. The highest BCUT2D eigenvalue weighted by molar-refractivity contribution is 6.00. The van der Waals surface area contributed by atoms with Gasteiger partial charge in [0.2, 0.25) is 0 Å². The van der Waals surface area contributed by atoms with Crippen molar-refractivity contribution in [1.29, 1.82) is 0 Å². The summed E-state index contributed by atoms with van der Waals surface area (Å²) in [6, 6.07) is 13.2. The van der Waals surface area contributed by atoms with Crippen molar-refractivity contribution >= 4 is 17.3 Å². The number of hydrogen-bond acceptors (Lipinski definition) is 4. The van der Waals surface area contributed by atoms with E-state index in [1.54, 1.807) is 30.3 Å². The van der Waals surface area contributed by atoms with Crippen LogP contribution in [0.3, 0.4) is 0 Å². The molecule has 1 saturated carbocycles. The number of nitrogens with two attached hydrogens (primary N) is 1. The number of carbonyl (C=O) groups excluding carboxylic acids is 1. The van der Waals surface area contributed by atoms with Gasteiger partial charge in [-0.05, 0) is 55.2 Å². The summed E-state index contributed by atoms with van der Waals surface area (Å²) in [6.45, 7) is -2.45. The van der Waals surface area contributed by atoms with Crippen molar-refractivity contribution < 1.29 is 18.3 Å². The van der Waals surface area contributed by atoms with Crippen LogP contribution >= 0.6 is 0 Å². The Labute approximate surface area is 150 Å². The van der Waals surface area contributed by atoms with Gasteiger partial charge in [0.25, 0.3) is 5.91 Å². The Morgan fingerprint density at radius 2 is 1.85 bits per heavy atom. The number of rotatable bonds is 8. The van der Waals surface area contributed by atoms with Crippen LogP contribution in [-0.4, -0.2) is 25.1 Å². The molecule has 1 atom stereocenters. The highest BCUT2D eigenvalue weighted by atomic mass is 19.3. The summed E-state index contributed by atoms with van der Waals surface area (Å²) >= 11 is 0. The molecule has 0 heterocycles. The Hall–Kier alpha value is -2.67. The molecule has 138 valence electrons. The molecule has 1 unspecified atom stereocenters. The number of benzene rings is 2. The molecule has 4 N–H and O–H groups in total. The first-order valence-electron chi connectivity index (χ1n) is 8.48. The first-order valence-corrected chi connectivity index (χ1v) is 8.48. The highest BCUT2D eigenvalue weighted by Crippen LogP contribution is 2.32. The lowest BCUT2D eigenvalue weighted by Crippen LogP contribution is -2.41. The molecule has 26 heavy (non-hydrogen) atoms. The van der Waals surface area contributed by atoms with E-state index in [0.717, 1.165) is 12.8 Å². The summed E-state index contributed by atoms with van der Waals surface area (Å²) in [5.74, 6) is 0.353. The number of amides is 1. The second kappa shape index (κ2) is 8.14. The normalized spacial score (nSPS) is 14.8. The molecule has 0 spiro atoms. The Morgan fingerprint density at radius 3 is 2.46 bits per heavy atom. The molecule has 0 saturated heterocycles. The highest BCUT2D eigenvalue weighted by Gasteiger charge is 2.31. The van der Waals surface area contributed by atoms with Crippen LogP contribution in [0.25, 0.3) is 0 Å². The quantitative estimate of drug-likeness (QED) is 0.673. The van der Waals surface area contributed by atoms with Crippen LogP contribution in [0.4, 0.5) is 20.2 Å². The summed E-state index contributed by atoms with van der Waals surface area (Å²) in [5.41, 5.74) is 7.54. The van der Waals surface area contributed by atoms with Gasteiger partial charge in [-0.25, -0.2) is 0 Å². The van der Waals surface area contributed by atoms with Crippen molar-refractivity contribution in [1.82, 2.24) is 5.32 Å². The van der Waals surface area contributed by atoms with Crippen molar-refractivity contribution in [2.75, 3.05) is 11.9 Å². The summed E-state index contributed by atoms with van der Waals surface area (Å²) in [7, 11) is 0. The molecule has 1 aliphatic carbocycles. The van der Waals surface area contributed by atoms with E-state index in [0.29, 0.717) is 29.4 Å². The van der Waals surface area contributed by atoms with Crippen LogP contribution in [0.1, 0.15) is 23.2 Å². The van der Waals surface area contributed by atoms with Crippen molar-refractivity contribution in [2.45, 2.75) is 25.5 Å². The maximum absolute atomic E-state index is 12.6. The zero-order chi connectivity index (χ0) is 18.5. The fourth-order valence-corrected chi connectivity index (χ4v) is 2.78. The Morgan fingerprint density at radius 1 is 1.15 bits per heavy atom. The SMILES string of the molecule is NCC(NC(=O)c1ccccc1Nc1ccc(OC(F)F)cc1)C1CC1. The minimum Gasteiger partial charge on any atom is -0.435 e. The van der Waals surface area contributed by atoms with Crippen LogP contribution in [-0.2, 0) is 0 Å². The monoisotopic (exact) mass is 361 g/mol. The van der Waals surface area contributed by atoms with E-state index < -0.39 is 6.61 Å². The number of carbonyl (C=O) groups is 1. The molecule has 1 amide bonds. The smallest absolute Gasteiger partial charge is 0.387 e. The van der Waals surface area contributed by atoms with Gasteiger partial charge in [-0.3, -0.25) is 4.79 Å². The van der Waals surface area contributed by atoms with Gasteiger partial charge in [-0.2, -0.15) is 8.78 Å².